The lowest BCUT2D eigenvalue weighted by Crippen LogP contribution is -2.31. The molecule has 0 saturated carbocycles. The topological polar surface area (TPSA) is 41.1 Å². The van der Waals surface area contributed by atoms with Crippen LogP contribution in [0, 0.1) is 0 Å². The molecule has 1 amide bonds. The molecule has 102 valence electrons. The van der Waals surface area contributed by atoms with Crippen LogP contribution in [0.1, 0.15) is 42.6 Å². The molecule has 0 aliphatic rings. The van der Waals surface area contributed by atoms with E-state index >= 15 is 0 Å². The van der Waals surface area contributed by atoms with Crippen LogP contribution in [0.25, 0.3) is 0 Å². The number of benzene rings is 1. The number of carbonyl (C=O) groups is 1. The van der Waals surface area contributed by atoms with Crippen LogP contribution in [0.4, 0.5) is 0 Å². The predicted molar refractivity (Wildman–Crippen MR) is 78.7 cm³/mol. The molecule has 0 fully saturated rings. The largest absolute Gasteiger partial charge is 0.351 e. The van der Waals surface area contributed by atoms with Crippen molar-refractivity contribution < 1.29 is 4.79 Å². The number of hydrogen-bond donors (Lipinski definition) is 2. The van der Waals surface area contributed by atoms with Crippen molar-refractivity contribution in [1.82, 2.24) is 10.6 Å². The van der Waals surface area contributed by atoms with E-state index in [1.807, 2.05) is 31.2 Å². The Morgan fingerprint density at radius 1 is 1.17 bits per heavy atom. The molecule has 18 heavy (non-hydrogen) atoms. The average molecular weight is 271 g/mol. The first kappa shape index (κ1) is 16.9. The Kier molecular flexibility index (Phi) is 8.42. The van der Waals surface area contributed by atoms with Crippen LogP contribution in [0.5, 0.6) is 0 Å². The van der Waals surface area contributed by atoms with Crippen molar-refractivity contribution in [2.75, 3.05) is 19.6 Å². The van der Waals surface area contributed by atoms with Crippen LogP contribution in [-0.2, 0) is 0 Å². The molecule has 2 N–H and O–H groups in total. The highest BCUT2D eigenvalue weighted by Crippen LogP contribution is 2.14. The first-order chi connectivity index (χ1) is 8.15. The summed E-state index contributed by atoms with van der Waals surface area (Å²) in [6.45, 7) is 8.74. The Morgan fingerprint density at radius 3 is 2.28 bits per heavy atom. The Morgan fingerprint density at radius 2 is 1.78 bits per heavy atom. The van der Waals surface area contributed by atoms with E-state index in [0.29, 0.717) is 12.5 Å². The molecule has 0 unspecified atom stereocenters. The lowest BCUT2D eigenvalue weighted by Gasteiger charge is -2.08. The van der Waals surface area contributed by atoms with Gasteiger partial charge in [-0.3, -0.25) is 4.79 Å². The van der Waals surface area contributed by atoms with Crippen molar-refractivity contribution in [2.45, 2.75) is 26.7 Å². The number of rotatable bonds is 6. The molecular weight excluding hydrogens is 248 g/mol. The third kappa shape index (κ3) is 5.52. The van der Waals surface area contributed by atoms with E-state index in [1.165, 1.54) is 5.56 Å². The predicted octanol–water partition coefficient (Wildman–Crippen LogP) is 2.57. The summed E-state index contributed by atoms with van der Waals surface area (Å²) in [6.07, 6.45) is 0. The van der Waals surface area contributed by atoms with Crippen molar-refractivity contribution >= 4 is 18.3 Å². The van der Waals surface area contributed by atoms with Gasteiger partial charge in [0.2, 0.25) is 0 Å². The molecule has 1 aromatic carbocycles. The maximum Gasteiger partial charge on any atom is 0.251 e. The number of nitrogens with one attached hydrogen (secondary N) is 2. The second-order valence-corrected chi connectivity index (χ2v) is 4.39. The Balaban J connectivity index is 0.00000289. The normalized spacial score (nSPS) is 10.0. The first-order valence-corrected chi connectivity index (χ1v) is 6.24. The summed E-state index contributed by atoms with van der Waals surface area (Å²) in [5, 5.41) is 6.05. The van der Waals surface area contributed by atoms with Gasteiger partial charge in [-0.2, -0.15) is 0 Å². The molecule has 3 nitrogen and oxygen atoms in total. The molecule has 0 aromatic heterocycles. The van der Waals surface area contributed by atoms with Crippen molar-refractivity contribution in [1.29, 1.82) is 0 Å². The number of halogens is 1. The van der Waals surface area contributed by atoms with E-state index < -0.39 is 0 Å². The minimum absolute atomic E-state index is 0. The van der Waals surface area contributed by atoms with E-state index in [1.54, 1.807) is 0 Å². The minimum atomic E-state index is -0.00166. The summed E-state index contributed by atoms with van der Waals surface area (Å²) in [6, 6.07) is 7.81. The van der Waals surface area contributed by atoms with Crippen LogP contribution in [0.15, 0.2) is 24.3 Å². The van der Waals surface area contributed by atoms with Gasteiger partial charge in [0, 0.05) is 18.7 Å². The third-order valence-electron chi connectivity index (χ3n) is 2.68. The Labute approximate surface area is 116 Å². The molecule has 0 bridgehead atoms. The molecule has 0 aliphatic heterocycles. The van der Waals surface area contributed by atoms with Gasteiger partial charge in [-0.1, -0.05) is 32.9 Å². The number of hydrogen-bond acceptors (Lipinski definition) is 2. The summed E-state index contributed by atoms with van der Waals surface area (Å²) in [4.78, 5) is 11.8. The second kappa shape index (κ2) is 8.95. The summed E-state index contributed by atoms with van der Waals surface area (Å²) >= 11 is 0. The zero-order valence-electron chi connectivity index (χ0n) is 11.3. The smallest absolute Gasteiger partial charge is 0.251 e. The summed E-state index contributed by atoms with van der Waals surface area (Å²) in [5.74, 6) is 0.499. The zero-order valence-corrected chi connectivity index (χ0v) is 12.1. The fourth-order valence-corrected chi connectivity index (χ4v) is 1.56. The van der Waals surface area contributed by atoms with Crippen molar-refractivity contribution in [3.05, 3.63) is 35.4 Å². The van der Waals surface area contributed by atoms with E-state index in [4.69, 9.17) is 0 Å². The number of carbonyl (C=O) groups excluding carboxylic acids is 1. The average Bonchev–Trinajstić information content (AvgIpc) is 2.34. The van der Waals surface area contributed by atoms with Crippen LogP contribution < -0.4 is 10.6 Å². The monoisotopic (exact) mass is 270 g/mol. The first-order valence-electron chi connectivity index (χ1n) is 6.24. The quantitative estimate of drug-likeness (QED) is 0.780. The van der Waals surface area contributed by atoms with Gasteiger partial charge in [0.05, 0.1) is 0 Å². The highest BCUT2D eigenvalue weighted by molar-refractivity contribution is 5.94. The highest BCUT2D eigenvalue weighted by atomic mass is 35.5. The second-order valence-electron chi connectivity index (χ2n) is 4.39. The van der Waals surface area contributed by atoms with Gasteiger partial charge in [0.25, 0.3) is 5.91 Å². The lowest BCUT2D eigenvalue weighted by molar-refractivity contribution is 0.0954. The Hall–Kier alpha value is -1.06. The SMILES string of the molecule is CCNCCNC(=O)c1ccc(C(C)C)cc1.Cl. The van der Waals surface area contributed by atoms with Gasteiger partial charge in [-0.15, -0.1) is 12.4 Å². The van der Waals surface area contributed by atoms with Crippen LogP contribution in [0.2, 0.25) is 0 Å². The van der Waals surface area contributed by atoms with Gasteiger partial charge in [0.15, 0.2) is 0 Å². The van der Waals surface area contributed by atoms with Gasteiger partial charge < -0.3 is 10.6 Å². The maximum atomic E-state index is 11.8. The fourth-order valence-electron chi connectivity index (χ4n) is 1.56. The molecular formula is C14H23ClN2O. The van der Waals surface area contributed by atoms with Crippen molar-refractivity contribution in [3.8, 4) is 0 Å². The number of amides is 1. The van der Waals surface area contributed by atoms with Crippen molar-refractivity contribution in [3.63, 3.8) is 0 Å². The van der Waals surface area contributed by atoms with Gasteiger partial charge >= 0.3 is 0 Å². The van der Waals surface area contributed by atoms with E-state index in [2.05, 4.69) is 24.5 Å². The van der Waals surface area contributed by atoms with Crippen LogP contribution in [0.3, 0.4) is 0 Å². The van der Waals surface area contributed by atoms with Gasteiger partial charge in [0.1, 0.15) is 0 Å². The van der Waals surface area contributed by atoms with E-state index in [9.17, 15) is 4.79 Å². The highest BCUT2D eigenvalue weighted by Gasteiger charge is 2.05. The van der Waals surface area contributed by atoms with Crippen LogP contribution >= 0.6 is 12.4 Å². The molecule has 0 heterocycles. The Bertz CT molecular complexity index is 349. The molecule has 0 radical (unpaired) electrons. The van der Waals surface area contributed by atoms with Crippen molar-refractivity contribution in [2.24, 2.45) is 0 Å². The standard InChI is InChI=1S/C14H22N2O.ClH/c1-4-15-9-10-16-14(17)13-7-5-12(6-8-13)11(2)3;/h5-8,11,15H,4,9-10H2,1-3H3,(H,16,17);1H. The zero-order chi connectivity index (χ0) is 12.7. The van der Waals surface area contributed by atoms with E-state index in [0.717, 1.165) is 18.7 Å². The summed E-state index contributed by atoms with van der Waals surface area (Å²) < 4.78 is 0. The van der Waals surface area contributed by atoms with E-state index in [-0.39, 0.29) is 18.3 Å². The summed E-state index contributed by atoms with van der Waals surface area (Å²) in [5.41, 5.74) is 1.99. The number of likely N-dealkylation sites (N-methyl/N-ethyl adjacent to an activating group) is 1. The molecule has 0 atom stereocenters. The fraction of sp³-hybridized carbons (Fsp3) is 0.500. The minimum Gasteiger partial charge on any atom is -0.351 e. The summed E-state index contributed by atoms with van der Waals surface area (Å²) in [7, 11) is 0. The molecule has 4 heteroatoms. The van der Waals surface area contributed by atoms with Crippen LogP contribution in [-0.4, -0.2) is 25.5 Å². The lowest BCUT2D eigenvalue weighted by atomic mass is 10.0. The van der Waals surface area contributed by atoms with Gasteiger partial charge in [-0.05, 0) is 30.2 Å². The molecule has 0 spiro atoms. The third-order valence-corrected chi connectivity index (χ3v) is 2.68. The molecule has 1 rings (SSSR count). The molecule has 1 aromatic rings. The molecule has 0 saturated heterocycles. The molecule has 0 aliphatic carbocycles. The maximum absolute atomic E-state index is 11.8. The van der Waals surface area contributed by atoms with Gasteiger partial charge in [-0.25, -0.2) is 0 Å².